The van der Waals surface area contributed by atoms with E-state index in [0.717, 1.165) is 4.90 Å². The number of amides is 2. The Hall–Kier alpha value is -3.17. The van der Waals surface area contributed by atoms with E-state index < -0.39 is 34.8 Å². The number of halogens is 3. The highest BCUT2D eigenvalue weighted by atomic mass is 35.5. The SMILES string of the molecule is O=C1[C@@H]2[C@@H](c3ccccc3Cl)N(c3cccc([N+](=O)[O-])c3)O[C@H]2C(=O)N1c1ccc(Cl)c(Cl)c1. The van der Waals surface area contributed by atoms with Gasteiger partial charge in [0, 0.05) is 17.2 Å². The summed E-state index contributed by atoms with van der Waals surface area (Å²) in [4.78, 5) is 44.8. The first-order valence-electron chi connectivity index (χ1n) is 10.1. The van der Waals surface area contributed by atoms with Crippen LogP contribution in [0.25, 0.3) is 0 Å². The number of nitro groups is 1. The molecule has 2 heterocycles. The number of imide groups is 1. The molecule has 2 amide bonds. The predicted octanol–water partition coefficient (Wildman–Crippen LogP) is 5.61. The second kappa shape index (κ2) is 8.56. The Bertz CT molecular complexity index is 1350. The Morgan fingerprint density at radius 2 is 1.59 bits per heavy atom. The molecule has 5 rings (SSSR count). The molecule has 0 unspecified atom stereocenters. The van der Waals surface area contributed by atoms with Crippen LogP contribution < -0.4 is 9.96 Å². The van der Waals surface area contributed by atoms with Gasteiger partial charge in [0.15, 0.2) is 6.10 Å². The van der Waals surface area contributed by atoms with E-state index in [0.29, 0.717) is 16.3 Å². The van der Waals surface area contributed by atoms with Gasteiger partial charge in [-0.3, -0.25) is 24.5 Å². The lowest BCUT2D eigenvalue weighted by molar-refractivity contribution is -0.384. The molecule has 2 fully saturated rings. The molecule has 0 radical (unpaired) electrons. The molecule has 34 heavy (non-hydrogen) atoms. The first kappa shape index (κ1) is 22.6. The van der Waals surface area contributed by atoms with Crippen molar-refractivity contribution in [3.8, 4) is 0 Å². The van der Waals surface area contributed by atoms with Crippen LogP contribution in [-0.4, -0.2) is 22.8 Å². The first-order valence-corrected chi connectivity index (χ1v) is 11.2. The first-order chi connectivity index (χ1) is 16.3. The van der Waals surface area contributed by atoms with Crippen molar-refractivity contribution in [1.82, 2.24) is 0 Å². The molecular weight excluding hydrogens is 505 g/mol. The number of carbonyl (C=O) groups excluding carboxylic acids is 2. The summed E-state index contributed by atoms with van der Waals surface area (Å²) in [5.74, 6) is -2.05. The number of hydrogen-bond donors (Lipinski definition) is 0. The molecule has 3 aromatic rings. The number of rotatable bonds is 4. The van der Waals surface area contributed by atoms with E-state index in [1.807, 2.05) is 0 Å². The quantitative estimate of drug-likeness (QED) is 0.253. The minimum Gasteiger partial charge on any atom is -0.273 e. The van der Waals surface area contributed by atoms with Gasteiger partial charge in [-0.05, 0) is 35.9 Å². The summed E-state index contributed by atoms with van der Waals surface area (Å²) in [7, 11) is 0. The second-order valence-corrected chi connectivity index (χ2v) is 8.95. The topological polar surface area (TPSA) is 93.0 Å². The number of hydroxylamine groups is 1. The fraction of sp³-hybridized carbons (Fsp3) is 0.130. The number of nitrogens with zero attached hydrogens (tertiary/aromatic N) is 3. The molecule has 3 aromatic carbocycles. The van der Waals surface area contributed by atoms with Gasteiger partial charge >= 0.3 is 0 Å². The van der Waals surface area contributed by atoms with Crippen LogP contribution in [0.1, 0.15) is 11.6 Å². The molecule has 2 saturated heterocycles. The van der Waals surface area contributed by atoms with Gasteiger partial charge in [-0.15, -0.1) is 0 Å². The average Bonchev–Trinajstić information content (AvgIpc) is 3.32. The molecular formula is C23H14Cl3N3O5. The van der Waals surface area contributed by atoms with Crippen molar-refractivity contribution in [3.63, 3.8) is 0 Å². The molecule has 172 valence electrons. The highest BCUT2D eigenvalue weighted by molar-refractivity contribution is 6.42. The van der Waals surface area contributed by atoms with Gasteiger partial charge < -0.3 is 0 Å². The van der Waals surface area contributed by atoms with E-state index >= 15 is 0 Å². The van der Waals surface area contributed by atoms with Gasteiger partial charge in [0.25, 0.3) is 11.6 Å². The highest BCUT2D eigenvalue weighted by Gasteiger charge is 2.60. The van der Waals surface area contributed by atoms with E-state index in [2.05, 4.69) is 0 Å². The number of hydrogen-bond acceptors (Lipinski definition) is 6. The van der Waals surface area contributed by atoms with Gasteiger partial charge in [-0.25, -0.2) is 9.96 Å². The largest absolute Gasteiger partial charge is 0.273 e. The normalized spacial score (nSPS) is 21.8. The van der Waals surface area contributed by atoms with Gasteiger partial charge in [0.05, 0.1) is 32.4 Å². The summed E-state index contributed by atoms with van der Waals surface area (Å²) in [6.07, 6.45) is -1.16. The molecule has 0 aromatic heterocycles. The van der Waals surface area contributed by atoms with Gasteiger partial charge in [-0.1, -0.05) is 59.1 Å². The van der Waals surface area contributed by atoms with Crippen LogP contribution in [-0.2, 0) is 14.4 Å². The van der Waals surface area contributed by atoms with E-state index in [4.69, 9.17) is 39.6 Å². The van der Waals surface area contributed by atoms with Crippen LogP contribution in [0.15, 0.2) is 66.7 Å². The molecule has 0 saturated carbocycles. The van der Waals surface area contributed by atoms with E-state index in [-0.39, 0.29) is 21.4 Å². The monoisotopic (exact) mass is 517 g/mol. The van der Waals surface area contributed by atoms with Gasteiger partial charge in [-0.2, -0.15) is 0 Å². The molecule has 8 nitrogen and oxygen atoms in total. The van der Waals surface area contributed by atoms with Crippen molar-refractivity contribution in [2.45, 2.75) is 12.1 Å². The molecule has 2 aliphatic rings. The van der Waals surface area contributed by atoms with E-state index in [1.54, 1.807) is 30.3 Å². The molecule has 0 spiro atoms. The number of fused-ring (bicyclic) bond motifs is 1. The molecule has 0 N–H and O–H groups in total. The maximum atomic E-state index is 13.6. The van der Waals surface area contributed by atoms with Crippen molar-refractivity contribution < 1.29 is 19.3 Å². The third-order valence-corrected chi connectivity index (χ3v) is 6.88. The van der Waals surface area contributed by atoms with Crippen LogP contribution in [0.5, 0.6) is 0 Å². The summed E-state index contributed by atoms with van der Waals surface area (Å²) >= 11 is 18.6. The summed E-state index contributed by atoms with van der Waals surface area (Å²) < 4.78 is 0. The average molecular weight is 519 g/mol. The lowest BCUT2D eigenvalue weighted by Gasteiger charge is -2.29. The zero-order chi connectivity index (χ0) is 24.1. The Kier molecular flexibility index (Phi) is 5.69. The Balaban J connectivity index is 1.61. The summed E-state index contributed by atoms with van der Waals surface area (Å²) in [5, 5.41) is 13.5. The van der Waals surface area contributed by atoms with Crippen LogP contribution >= 0.6 is 34.8 Å². The van der Waals surface area contributed by atoms with Gasteiger partial charge in [0.1, 0.15) is 5.92 Å². The Morgan fingerprint density at radius 1 is 0.824 bits per heavy atom. The van der Waals surface area contributed by atoms with Gasteiger partial charge in [0.2, 0.25) is 5.91 Å². The zero-order valence-corrected chi connectivity index (χ0v) is 19.4. The third-order valence-electron chi connectivity index (χ3n) is 5.80. The minimum atomic E-state index is -1.16. The maximum Gasteiger partial charge on any atom is 0.271 e. The number of anilines is 2. The van der Waals surface area contributed by atoms with Crippen LogP contribution in [0.2, 0.25) is 15.1 Å². The van der Waals surface area contributed by atoms with Crippen LogP contribution in [0.3, 0.4) is 0 Å². The highest BCUT2D eigenvalue weighted by Crippen LogP contribution is 2.49. The Labute approximate surface area is 208 Å². The third kappa shape index (κ3) is 3.59. The van der Waals surface area contributed by atoms with Crippen molar-refractivity contribution in [2.75, 3.05) is 9.96 Å². The number of benzene rings is 3. The van der Waals surface area contributed by atoms with Crippen molar-refractivity contribution in [2.24, 2.45) is 5.92 Å². The molecule has 0 bridgehead atoms. The summed E-state index contributed by atoms with van der Waals surface area (Å²) in [5.41, 5.74) is 0.962. The van der Waals surface area contributed by atoms with Crippen LogP contribution in [0, 0.1) is 16.0 Å². The Morgan fingerprint density at radius 3 is 2.29 bits per heavy atom. The summed E-state index contributed by atoms with van der Waals surface area (Å²) in [6, 6.07) is 16.3. The fourth-order valence-electron chi connectivity index (χ4n) is 4.29. The summed E-state index contributed by atoms with van der Waals surface area (Å²) in [6.45, 7) is 0. The number of carbonyl (C=O) groups is 2. The van der Waals surface area contributed by atoms with Crippen molar-refractivity contribution in [1.29, 1.82) is 0 Å². The fourth-order valence-corrected chi connectivity index (χ4v) is 4.83. The molecule has 3 atom stereocenters. The molecule has 0 aliphatic carbocycles. The molecule has 2 aliphatic heterocycles. The van der Waals surface area contributed by atoms with E-state index in [1.165, 1.54) is 41.5 Å². The molecule has 11 heteroatoms. The predicted molar refractivity (Wildman–Crippen MR) is 127 cm³/mol. The smallest absolute Gasteiger partial charge is 0.271 e. The standard InChI is InChI=1S/C23H14Cl3N3O5/c24-16-7-2-1-6-15(16)20-19-21(34-28(20)13-4-3-5-14(10-13)29(32)33)23(31)27(22(19)30)12-8-9-17(25)18(26)11-12/h1-11,19-21H/t19-,20-,21-/m1/s1. The lowest BCUT2D eigenvalue weighted by atomic mass is 9.90. The maximum absolute atomic E-state index is 13.6. The second-order valence-electron chi connectivity index (χ2n) is 7.73. The van der Waals surface area contributed by atoms with Crippen molar-refractivity contribution in [3.05, 3.63) is 97.5 Å². The number of nitro benzene ring substituents is 1. The minimum absolute atomic E-state index is 0.161. The van der Waals surface area contributed by atoms with Crippen molar-refractivity contribution >= 4 is 63.7 Å². The number of non-ortho nitro benzene ring substituents is 1. The van der Waals surface area contributed by atoms with Crippen LogP contribution in [0.4, 0.5) is 17.1 Å². The zero-order valence-electron chi connectivity index (χ0n) is 17.1. The van der Waals surface area contributed by atoms with E-state index in [9.17, 15) is 19.7 Å². The lowest BCUT2D eigenvalue weighted by Crippen LogP contribution is -2.37.